The van der Waals surface area contributed by atoms with Gasteiger partial charge in [0.15, 0.2) is 0 Å². The zero-order valence-electron chi connectivity index (χ0n) is 11.9. The lowest BCUT2D eigenvalue weighted by molar-refractivity contribution is -0.137. The highest BCUT2D eigenvalue weighted by Gasteiger charge is 2.31. The van der Waals surface area contributed by atoms with E-state index in [1.54, 1.807) is 24.3 Å². The van der Waals surface area contributed by atoms with E-state index in [0.717, 1.165) is 5.56 Å². The molecule has 2 aromatic carbocycles. The monoisotopic (exact) mass is 298 g/mol. The topological polar surface area (TPSA) is 72.8 Å². The molecule has 22 heavy (non-hydrogen) atoms. The third kappa shape index (κ3) is 2.30. The summed E-state index contributed by atoms with van der Waals surface area (Å²) < 4.78 is 10.4. The number of methoxy groups -OCH3 is 1. The average Bonchev–Trinajstić information content (AvgIpc) is 2.70. The highest BCUT2D eigenvalue weighted by atomic mass is 16.5. The quantitative estimate of drug-likeness (QED) is 0.863. The van der Waals surface area contributed by atoms with Crippen molar-refractivity contribution in [1.82, 2.24) is 0 Å². The first-order valence-electron chi connectivity index (χ1n) is 6.77. The van der Waals surface area contributed by atoms with Crippen LogP contribution in [-0.4, -0.2) is 24.2 Å². The van der Waals surface area contributed by atoms with Gasteiger partial charge in [-0.15, -0.1) is 0 Å². The van der Waals surface area contributed by atoms with Crippen molar-refractivity contribution in [2.24, 2.45) is 0 Å². The second-order valence-electron chi connectivity index (χ2n) is 5.00. The molecule has 1 atom stereocenters. The number of hydrogen-bond donors (Lipinski definition) is 1. The number of hydrogen-bond acceptors (Lipinski definition) is 4. The molecule has 5 nitrogen and oxygen atoms in total. The van der Waals surface area contributed by atoms with E-state index in [9.17, 15) is 14.7 Å². The smallest absolute Gasteiger partial charge is 0.337 e. The second-order valence-corrected chi connectivity index (χ2v) is 5.00. The van der Waals surface area contributed by atoms with Crippen molar-refractivity contribution in [1.29, 1.82) is 0 Å². The molecule has 1 heterocycles. The molecule has 2 aromatic rings. The lowest BCUT2D eigenvalue weighted by atomic mass is 9.88. The van der Waals surface area contributed by atoms with Gasteiger partial charge in [-0.1, -0.05) is 24.3 Å². The summed E-state index contributed by atoms with van der Waals surface area (Å²) in [5, 5.41) is 9.67. The molecule has 0 aliphatic carbocycles. The molecule has 0 aromatic heterocycles. The highest BCUT2D eigenvalue weighted by molar-refractivity contribution is 5.91. The molecule has 0 radical (unpaired) electrons. The van der Waals surface area contributed by atoms with E-state index in [4.69, 9.17) is 9.47 Å². The minimum Gasteiger partial charge on any atom is -0.489 e. The first kappa shape index (κ1) is 14.1. The third-order valence-electron chi connectivity index (χ3n) is 3.74. The Kier molecular flexibility index (Phi) is 3.55. The Bertz CT molecular complexity index is 750. The molecule has 112 valence electrons. The van der Waals surface area contributed by atoms with E-state index in [1.165, 1.54) is 13.2 Å². The standard InChI is InChI=1S/C17H14O5/c1-21-17(20)10-6-7-14-13(8-10)15(16(18)19)12-5-3-2-4-11(12)9-22-14/h2-8,15H,9H2,1H3,(H,18,19)/t15-/m1/s1. The zero-order valence-corrected chi connectivity index (χ0v) is 11.9. The Morgan fingerprint density at radius 1 is 1.18 bits per heavy atom. The predicted molar refractivity (Wildman–Crippen MR) is 78.0 cm³/mol. The third-order valence-corrected chi connectivity index (χ3v) is 3.74. The first-order valence-corrected chi connectivity index (χ1v) is 6.77. The summed E-state index contributed by atoms with van der Waals surface area (Å²) in [4.78, 5) is 23.5. The van der Waals surface area contributed by atoms with Gasteiger partial charge < -0.3 is 14.6 Å². The lowest BCUT2D eigenvalue weighted by Gasteiger charge is -2.15. The van der Waals surface area contributed by atoms with E-state index in [1.807, 2.05) is 12.1 Å². The fraction of sp³-hybridized carbons (Fsp3) is 0.176. The van der Waals surface area contributed by atoms with Crippen LogP contribution in [0.5, 0.6) is 5.75 Å². The highest BCUT2D eigenvalue weighted by Crippen LogP contribution is 2.38. The number of carbonyl (C=O) groups excluding carboxylic acids is 1. The number of aliphatic carboxylic acids is 1. The van der Waals surface area contributed by atoms with Crippen molar-refractivity contribution in [3.05, 3.63) is 64.7 Å². The molecule has 0 amide bonds. The van der Waals surface area contributed by atoms with Gasteiger partial charge in [0.1, 0.15) is 18.3 Å². The van der Waals surface area contributed by atoms with Crippen molar-refractivity contribution in [3.8, 4) is 5.75 Å². The van der Waals surface area contributed by atoms with Crippen LogP contribution in [0.3, 0.4) is 0 Å². The van der Waals surface area contributed by atoms with Crippen LogP contribution in [0, 0.1) is 0 Å². The van der Waals surface area contributed by atoms with Gasteiger partial charge in [0.2, 0.25) is 0 Å². The van der Waals surface area contributed by atoms with Gasteiger partial charge in [-0.05, 0) is 29.3 Å². The van der Waals surface area contributed by atoms with Gasteiger partial charge in [-0.3, -0.25) is 4.79 Å². The molecule has 0 bridgehead atoms. The maximum absolute atomic E-state index is 11.8. The Balaban J connectivity index is 2.20. The minimum atomic E-state index is -0.985. The fourth-order valence-corrected chi connectivity index (χ4v) is 2.69. The minimum absolute atomic E-state index is 0.296. The molecule has 0 saturated carbocycles. The van der Waals surface area contributed by atoms with Gasteiger partial charge in [-0.25, -0.2) is 4.79 Å². The van der Waals surface area contributed by atoms with Crippen molar-refractivity contribution in [2.45, 2.75) is 12.5 Å². The maximum atomic E-state index is 11.8. The Labute approximate surface area is 127 Å². The summed E-state index contributed by atoms with van der Waals surface area (Å²) in [7, 11) is 1.29. The molecule has 0 unspecified atom stereocenters. The Morgan fingerprint density at radius 3 is 2.68 bits per heavy atom. The zero-order chi connectivity index (χ0) is 15.7. The number of rotatable bonds is 2. The molecular formula is C17H14O5. The van der Waals surface area contributed by atoms with E-state index >= 15 is 0 Å². The number of fused-ring (bicyclic) bond motifs is 2. The molecule has 1 N–H and O–H groups in total. The first-order chi connectivity index (χ1) is 10.6. The van der Waals surface area contributed by atoms with Crippen LogP contribution in [0.1, 0.15) is 33.0 Å². The van der Waals surface area contributed by atoms with Crippen LogP contribution in [0.15, 0.2) is 42.5 Å². The molecule has 0 saturated heterocycles. The largest absolute Gasteiger partial charge is 0.489 e. The van der Waals surface area contributed by atoms with E-state index in [-0.39, 0.29) is 0 Å². The van der Waals surface area contributed by atoms with Gasteiger partial charge in [0.05, 0.1) is 12.7 Å². The molecule has 0 spiro atoms. The van der Waals surface area contributed by atoms with Crippen molar-refractivity contribution in [3.63, 3.8) is 0 Å². The number of carboxylic acids is 1. The molecule has 1 aliphatic heterocycles. The summed E-state index contributed by atoms with van der Waals surface area (Å²) >= 11 is 0. The van der Waals surface area contributed by atoms with Crippen molar-refractivity contribution < 1.29 is 24.2 Å². The van der Waals surface area contributed by atoms with Crippen molar-refractivity contribution in [2.75, 3.05) is 7.11 Å². The van der Waals surface area contributed by atoms with E-state index < -0.39 is 17.9 Å². The summed E-state index contributed by atoms with van der Waals surface area (Å²) in [5.41, 5.74) is 2.26. The van der Waals surface area contributed by atoms with Gasteiger partial charge in [0, 0.05) is 5.56 Å². The van der Waals surface area contributed by atoms with Gasteiger partial charge in [0.25, 0.3) is 0 Å². The Morgan fingerprint density at radius 2 is 1.95 bits per heavy atom. The number of carboxylic acid groups (broad SMARTS) is 1. The number of carbonyl (C=O) groups is 2. The van der Waals surface area contributed by atoms with Gasteiger partial charge in [-0.2, -0.15) is 0 Å². The second kappa shape index (κ2) is 5.52. The summed E-state index contributed by atoms with van der Waals surface area (Å²) in [5.74, 6) is -1.90. The maximum Gasteiger partial charge on any atom is 0.337 e. The number of esters is 1. The van der Waals surface area contributed by atoms with E-state index in [0.29, 0.717) is 29.0 Å². The van der Waals surface area contributed by atoms with Crippen LogP contribution in [-0.2, 0) is 16.1 Å². The SMILES string of the molecule is COC(=O)c1ccc2c(c1)[C@H](C(=O)O)c1ccccc1CO2. The molecule has 0 fully saturated rings. The fourth-order valence-electron chi connectivity index (χ4n) is 2.69. The van der Waals surface area contributed by atoms with Crippen LogP contribution >= 0.6 is 0 Å². The number of benzene rings is 2. The van der Waals surface area contributed by atoms with Gasteiger partial charge >= 0.3 is 11.9 Å². The molecule has 5 heteroatoms. The van der Waals surface area contributed by atoms with E-state index in [2.05, 4.69) is 0 Å². The molecule has 3 rings (SSSR count). The van der Waals surface area contributed by atoms with Crippen LogP contribution in [0.25, 0.3) is 0 Å². The summed E-state index contributed by atoms with van der Waals surface area (Å²) in [6.45, 7) is 0.296. The van der Waals surface area contributed by atoms with Crippen LogP contribution < -0.4 is 4.74 Å². The summed E-state index contributed by atoms with van der Waals surface area (Å²) in [6.07, 6.45) is 0. The van der Waals surface area contributed by atoms with Crippen molar-refractivity contribution >= 4 is 11.9 Å². The predicted octanol–water partition coefficient (Wildman–Crippen LogP) is 2.58. The summed E-state index contributed by atoms with van der Waals surface area (Å²) in [6, 6.07) is 12.0. The lowest BCUT2D eigenvalue weighted by Crippen LogP contribution is -2.14. The van der Waals surface area contributed by atoms with Crippen LogP contribution in [0.2, 0.25) is 0 Å². The Hall–Kier alpha value is -2.82. The molecule has 1 aliphatic rings. The molecular weight excluding hydrogens is 284 g/mol. The van der Waals surface area contributed by atoms with Crippen LogP contribution in [0.4, 0.5) is 0 Å². The normalized spacial score (nSPS) is 15.8. The average molecular weight is 298 g/mol. The number of ether oxygens (including phenoxy) is 2.